The average Bonchev–Trinajstić information content (AvgIpc) is 2.37. The summed E-state index contributed by atoms with van der Waals surface area (Å²) in [5, 5.41) is 0. The van der Waals surface area contributed by atoms with Crippen LogP contribution in [0, 0.1) is 6.92 Å². The van der Waals surface area contributed by atoms with Crippen molar-refractivity contribution < 1.29 is 0 Å². The van der Waals surface area contributed by atoms with Crippen LogP contribution in [0.4, 0.5) is 5.82 Å². The van der Waals surface area contributed by atoms with Crippen molar-refractivity contribution >= 4 is 33.5 Å². The van der Waals surface area contributed by atoms with Crippen LogP contribution < -0.4 is 5.73 Å². The zero-order chi connectivity index (χ0) is 13.8. The number of thioether (sulfide) groups is 1. The monoisotopic (exact) mass is 337 g/mol. The van der Waals surface area contributed by atoms with Crippen LogP contribution in [0.5, 0.6) is 0 Å². The van der Waals surface area contributed by atoms with Crippen molar-refractivity contribution in [2.45, 2.75) is 30.9 Å². The maximum Gasteiger partial charge on any atom is 0.141 e. The highest BCUT2D eigenvalue weighted by molar-refractivity contribution is 9.10. The van der Waals surface area contributed by atoms with E-state index in [4.69, 9.17) is 5.73 Å². The number of nitrogen functional groups attached to an aromatic ring is 1. The molecule has 1 heterocycles. The van der Waals surface area contributed by atoms with Gasteiger partial charge >= 0.3 is 0 Å². The van der Waals surface area contributed by atoms with Crippen LogP contribution in [0.1, 0.15) is 24.0 Å². The molecule has 0 aliphatic carbocycles. The zero-order valence-electron chi connectivity index (χ0n) is 11.0. The van der Waals surface area contributed by atoms with E-state index in [9.17, 15) is 0 Å². The van der Waals surface area contributed by atoms with Crippen molar-refractivity contribution in [3.8, 4) is 0 Å². The number of anilines is 1. The van der Waals surface area contributed by atoms with Crippen molar-refractivity contribution in [2.75, 3.05) is 5.73 Å². The smallest absolute Gasteiger partial charge is 0.141 e. The molecule has 100 valence electrons. The van der Waals surface area contributed by atoms with Gasteiger partial charge in [0.05, 0.1) is 5.75 Å². The molecule has 0 bridgehead atoms. The summed E-state index contributed by atoms with van der Waals surface area (Å²) in [6.07, 6.45) is 0.870. The topological polar surface area (TPSA) is 51.8 Å². The van der Waals surface area contributed by atoms with Gasteiger partial charge in [-0.1, -0.05) is 19.1 Å². The lowest BCUT2D eigenvalue weighted by Crippen LogP contribution is -2.06. The SMILES string of the molecule is CCc1c(C)nc(CSc2ccccc2Br)nc1N. The normalized spacial score (nSPS) is 10.7. The van der Waals surface area contributed by atoms with Crippen LogP contribution in [0.2, 0.25) is 0 Å². The largest absolute Gasteiger partial charge is 0.383 e. The molecule has 2 aromatic rings. The Kier molecular flexibility index (Phi) is 4.82. The van der Waals surface area contributed by atoms with E-state index >= 15 is 0 Å². The molecule has 0 radical (unpaired) electrons. The number of nitrogens with zero attached hydrogens (tertiary/aromatic N) is 2. The Balaban J connectivity index is 2.15. The van der Waals surface area contributed by atoms with Crippen LogP contribution in [0.25, 0.3) is 0 Å². The fraction of sp³-hybridized carbons (Fsp3) is 0.286. The predicted molar refractivity (Wildman–Crippen MR) is 84.3 cm³/mol. The van der Waals surface area contributed by atoms with E-state index in [2.05, 4.69) is 38.9 Å². The van der Waals surface area contributed by atoms with Crippen LogP contribution in [0.15, 0.2) is 33.6 Å². The molecule has 0 aliphatic heterocycles. The standard InChI is InChI=1S/C14H16BrN3S/c1-3-10-9(2)17-13(18-14(10)16)8-19-12-7-5-4-6-11(12)15/h4-7H,3,8H2,1-2H3,(H2,16,17,18). The second kappa shape index (κ2) is 6.39. The molecule has 3 nitrogen and oxygen atoms in total. The Morgan fingerprint density at radius 1 is 1.26 bits per heavy atom. The predicted octanol–water partition coefficient (Wildman–Crippen LogP) is 3.98. The third kappa shape index (κ3) is 3.48. The molecule has 0 saturated carbocycles. The van der Waals surface area contributed by atoms with Crippen molar-refractivity contribution in [3.05, 3.63) is 45.8 Å². The first kappa shape index (κ1) is 14.3. The highest BCUT2D eigenvalue weighted by atomic mass is 79.9. The molecule has 1 aromatic heterocycles. The number of aromatic nitrogens is 2. The van der Waals surface area contributed by atoms with Gasteiger partial charge in [0.2, 0.25) is 0 Å². The Morgan fingerprint density at radius 2 is 2.00 bits per heavy atom. The molecule has 0 atom stereocenters. The third-order valence-electron chi connectivity index (χ3n) is 2.84. The second-order valence-electron chi connectivity index (χ2n) is 4.16. The first-order valence-electron chi connectivity index (χ1n) is 6.11. The van der Waals surface area contributed by atoms with Gasteiger partial charge in [0, 0.05) is 20.6 Å². The lowest BCUT2D eigenvalue weighted by Gasteiger charge is -2.09. The number of rotatable bonds is 4. The summed E-state index contributed by atoms with van der Waals surface area (Å²) in [4.78, 5) is 10.1. The summed E-state index contributed by atoms with van der Waals surface area (Å²) >= 11 is 5.24. The van der Waals surface area contributed by atoms with Gasteiger partial charge in [-0.3, -0.25) is 0 Å². The molecule has 0 fully saturated rings. The summed E-state index contributed by atoms with van der Waals surface area (Å²) in [6.45, 7) is 4.06. The molecular weight excluding hydrogens is 322 g/mol. The maximum absolute atomic E-state index is 5.96. The fourth-order valence-corrected chi connectivity index (χ4v) is 3.31. The lowest BCUT2D eigenvalue weighted by atomic mass is 10.2. The fourth-order valence-electron chi connectivity index (χ4n) is 1.88. The average molecular weight is 338 g/mol. The zero-order valence-corrected chi connectivity index (χ0v) is 13.4. The van der Waals surface area contributed by atoms with Gasteiger partial charge < -0.3 is 5.73 Å². The molecule has 0 aliphatic rings. The third-order valence-corrected chi connectivity index (χ3v) is 4.86. The van der Waals surface area contributed by atoms with Gasteiger partial charge in [-0.05, 0) is 41.4 Å². The first-order valence-corrected chi connectivity index (χ1v) is 7.89. The summed E-state index contributed by atoms with van der Waals surface area (Å²) in [7, 11) is 0. The molecule has 1 aromatic carbocycles. The van der Waals surface area contributed by atoms with Gasteiger partial charge in [-0.2, -0.15) is 0 Å². The second-order valence-corrected chi connectivity index (χ2v) is 6.03. The summed E-state index contributed by atoms with van der Waals surface area (Å²) in [5.74, 6) is 2.11. The molecule has 0 spiro atoms. The molecule has 0 saturated heterocycles. The highest BCUT2D eigenvalue weighted by Crippen LogP contribution is 2.29. The van der Waals surface area contributed by atoms with Crippen LogP contribution in [0.3, 0.4) is 0 Å². The van der Waals surface area contributed by atoms with E-state index in [-0.39, 0.29) is 0 Å². The van der Waals surface area contributed by atoms with Gasteiger partial charge in [0.15, 0.2) is 0 Å². The van der Waals surface area contributed by atoms with Crippen molar-refractivity contribution in [3.63, 3.8) is 0 Å². The van der Waals surface area contributed by atoms with Gasteiger partial charge in [0.25, 0.3) is 0 Å². The summed E-state index contributed by atoms with van der Waals surface area (Å²) < 4.78 is 1.09. The molecular formula is C14H16BrN3S. The van der Waals surface area contributed by atoms with Gasteiger partial charge in [0.1, 0.15) is 11.6 Å². The van der Waals surface area contributed by atoms with E-state index in [1.54, 1.807) is 11.8 Å². The lowest BCUT2D eigenvalue weighted by molar-refractivity contribution is 0.947. The minimum Gasteiger partial charge on any atom is -0.383 e. The Bertz CT molecular complexity index is 564. The van der Waals surface area contributed by atoms with Gasteiger partial charge in [-0.15, -0.1) is 11.8 Å². The Hall–Kier alpha value is -1.07. The quantitative estimate of drug-likeness (QED) is 0.857. The number of hydrogen-bond acceptors (Lipinski definition) is 4. The number of halogens is 1. The molecule has 19 heavy (non-hydrogen) atoms. The van der Waals surface area contributed by atoms with E-state index in [0.29, 0.717) is 5.82 Å². The van der Waals surface area contributed by atoms with Crippen LogP contribution in [-0.2, 0) is 12.2 Å². The minimum absolute atomic E-state index is 0.609. The number of hydrogen-bond donors (Lipinski definition) is 1. The molecule has 0 amide bonds. The Labute approximate surface area is 126 Å². The molecule has 2 rings (SSSR count). The summed E-state index contributed by atoms with van der Waals surface area (Å²) in [6, 6.07) is 8.13. The van der Waals surface area contributed by atoms with Crippen LogP contribution in [-0.4, -0.2) is 9.97 Å². The van der Waals surface area contributed by atoms with Crippen molar-refractivity contribution in [2.24, 2.45) is 0 Å². The first-order chi connectivity index (χ1) is 9.11. The Morgan fingerprint density at radius 3 is 2.63 bits per heavy atom. The minimum atomic E-state index is 0.609. The molecule has 0 unspecified atom stereocenters. The van der Waals surface area contributed by atoms with E-state index < -0.39 is 0 Å². The van der Waals surface area contributed by atoms with E-state index in [1.807, 2.05) is 25.1 Å². The number of nitrogens with two attached hydrogens (primary N) is 1. The van der Waals surface area contributed by atoms with Gasteiger partial charge in [-0.25, -0.2) is 9.97 Å². The number of benzene rings is 1. The van der Waals surface area contributed by atoms with E-state index in [1.165, 1.54) is 4.90 Å². The van der Waals surface area contributed by atoms with Crippen molar-refractivity contribution in [1.29, 1.82) is 0 Å². The molecule has 5 heteroatoms. The maximum atomic E-state index is 5.96. The van der Waals surface area contributed by atoms with E-state index in [0.717, 1.165) is 33.7 Å². The highest BCUT2D eigenvalue weighted by Gasteiger charge is 2.08. The van der Waals surface area contributed by atoms with Crippen molar-refractivity contribution in [1.82, 2.24) is 9.97 Å². The number of aryl methyl sites for hydroxylation is 1. The van der Waals surface area contributed by atoms with Crippen LogP contribution >= 0.6 is 27.7 Å². The summed E-state index contributed by atoms with van der Waals surface area (Å²) in [5.41, 5.74) is 8.00. The molecule has 2 N–H and O–H groups in total.